The van der Waals surface area contributed by atoms with E-state index in [2.05, 4.69) is 5.32 Å². The molecule has 0 fully saturated rings. The van der Waals surface area contributed by atoms with Gasteiger partial charge in [-0.15, -0.1) is 0 Å². The average Bonchev–Trinajstić information content (AvgIpc) is 2.49. The quantitative estimate of drug-likeness (QED) is 0.685. The number of nitrogens with one attached hydrogen (secondary N) is 1. The molecular formula is C15H13ClN2O3. The molecule has 108 valence electrons. The largest absolute Gasteiger partial charge is 0.325 e. The van der Waals surface area contributed by atoms with Crippen LogP contribution in [0.25, 0.3) is 0 Å². The van der Waals surface area contributed by atoms with Gasteiger partial charge in [0.15, 0.2) is 0 Å². The van der Waals surface area contributed by atoms with E-state index in [1.807, 2.05) is 30.3 Å². The molecule has 5 nitrogen and oxygen atoms in total. The van der Waals surface area contributed by atoms with Gasteiger partial charge in [-0.3, -0.25) is 14.9 Å². The number of halogens is 1. The van der Waals surface area contributed by atoms with Crippen LogP contribution in [0.1, 0.15) is 18.4 Å². The standard InChI is InChI=1S/C15H13ClN2O3/c1-10(11-5-3-2-4-6-11)15(19)17-12-7-8-13(16)14(9-12)18(20)21/h2-10H,1H3,(H,17,19)/t10-/m1/s1. The van der Waals surface area contributed by atoms with Crippen LogP contribution in [-0.4, -0.2) is 10.8 Å². The molecular weight excluding hydrogens is 292 g/mol. The molecule has 2 aromatic carbocycles. The lowest BCUT2D eigenvalue weighted by molar-refractivity contribution is -0.384. The smallest absolute Gasteiger partial charge is 0.289 e. The monoisotopic (exact) mass is 304 g/mol. The Bertz CT molecular complexity index is 674. The maximum Gasteiger partial charge on any atom is 0.289 e. The molecule has 2 aromatic rings. The molecule has 0 aliphatic rings. The second kappa shape index (κ2) is 6.37. The highest BCUT2D eigenvalue weighted by molar-refractivity contribution is 6.32. The highest BCUT2D eigenvalue weighted by Crippen LogP contribution is 2.28. The van der Waals surface area contributed by atoms with E-state index in [0.717, 1.165) is 5.56 Å². The van der Waals surface area contributed by atoms with Gasteiger partial charge in [-0.1, -0.05) is 41.9 Å². The summed E-state index contributed by atoms with van der Waals surface area (Å²) in [6.07, 6.45) is 0. The molecule has 21 heavy (non-hydrogen) atoms. The summed E-state index contributed by atoms with van der Waals surface area (Å²) in [7, 11) is 0. The third-order valence-corrected chi connectivity index (χ3v) is 3.42. The van der Waals surface area contributed by atoms with Crippen molar-refractivity contribution in [2.24, 2.45) is 0 Å². The number of hydrogen-bond acceptors (Lipinski definition) is 3. The van der Waals surface area contributed by atoms with Crippen LogP contribution in [0.2, 0.25) is 5.02 Å². The fourth-order valence-corrected chi connectivity index (χ4v) is 2.06. The predicted molar refractivity (Wildman–Crippen MR) is 81.6 cm³/mol. The normalized spacial score (nSPS) is 11.7. The minimum Gasteiger partial charge on any atom is -0.325 e. The first-order valence-electron chi connectivity index (χ1n) is 6.29. The van der Waals surface area contributed by atoms with E-state index in [1.165, 1.54) is 18.2 Å². The summed E-state index contributed by atoms with van der Waals surface area (Å²) in [5.41, 5.74) is 0.985. The highest BCUT2D eigenvalue weighted by Gasteiger charge is 2.17. The molecule has 0 spiro atoms. The summed E-state index contributed by atoms with van der Waals surface area (Å²) in [5.74, 6) is -0.598. The van der Waals surface area contributed by atoms with E-state index in [0.29, 0.717) is 5.69 Å². The van der Waals surface area contributed by atoms with Crippen molar-refractivity contribution in [1.82, 2.24) is 0 Å². The van der Waals surface area contributed by atoms with Gasteiger partial charge in [0, 0.05) is 11.8 Å². The lowest BCUT2D eigenvalue weighted by Crippen LogP contribution is -2.18. The second-order valence-corrected chi connectivity index (χ2v) is 4.95. The van der Waals surface area contributed by atoms with E-state index in [-0.39, 0.29) is 22.5 Å². The summed E-state index contributed by atoms with van der Waals surface area (Å²) in [6, 6.07) is 13.5. The molecule has 1 amide bonds. The van der Waals surface area contributed by atoms with Crippen LogP contribution in [0.4, 0.5) is 11.4 Å². The van der Waals surface area contributed by atoms with Crippen LogP contribution in [-0.2, 0) is 4.79 Å². The van der Waals surface area contributed by atoms with Crippen molar-refractivity contribution < 1.29 is 9.72 Å². The van der Waals surface area contributed by atoms with Crippen LogP contribution in [0.3, 0.4) is 0 Å². The summed E-state index contributed by atoms with van der Waals surface area (Å²) < 4.78 is 0. The van der Waals surface area contributed by atoms with E-state index >= 15 is 0 Å². The molecule has 0 aromatic heterocycles. The maximum absolute atomic E-state index is 12.2. The summed E-state index contributed by atoms with van der Waals surface area (Å²) in [4.78, 5) is 22.4. The number of nitro groups is 1. The van der Waals surface area contributed by atoms with Crippen LogP contribution in [0.5, 0.6) is 0 Å². The molecule has 6 heteroatoms. The number of nitro benzene ring substituents is 1. The minimum atomic E-state index is -0.585. The Hall–Kier alpha value is -2.40. The highest BCUT2D eigenvalue weighted by atomic mass is 35.5. The maximum atomic E-state index is 12.2. The second-order valence-electron chi connectivity index (χ2n) is 4.54. The first kappa shape index (κ1) is 15.0. The molecule has 0 bridgehead atoms. The Kier molecular flexibility index (Phi) is 4.55. The zero-order valence-electron chi connectivity index (χ0n) is 11.2. The zero-order valence-corrected chi connectivity index (χ0v) is 12.0. The van der Waals surface area contributed by atoms with Gasteiger partial charge in [0.05, 0.1) is 10.8 Å². The molecule has 0 aliphatic carbocycles. The van der Waals surface area contributed by atoms with Crippen molar-refractivity contribution in [1.29, 1.82) is 0 Å². The van der Waals surface area contributed by atoms with Crippen LogP contribution in [0.15, 0.2) is 48.5 Å². The number of amides is 1. The Labute approximate surface area is 126 Å². The fraction of sp³-hybridized carbons (Fsp3) is 0.133. The minimum absolute atomic E-state index is 0.0362. The van der Waals surface area contributed by atoms with Crippen LogP contribution < -0.4 is 5.32 Å². The molecule has 0 saturated heterocycles. The summed E-state index contributed by atoms with van der Waals surface area (Å²) in [5, 5.41) is 13.5. The van der Waals surface area contributed by atoms with Crippen LogP contribution in [0, 0.1) is 10.1 Å². The van der Waals surface area contributed by atoms with Gasteiger partial charge < -0.3 is 5.32 Å². The summed E-state index contributed by atoms with van der Waals surface area (Å²) in [6.45, 7) is 1.77. The Morgan fingerprint density at radius 1 is 1.24 bits per heavy atom. The molecule has 0 radical (unpaired) electrons. The first-order chi connectivity index (χ1) is 9.99. The Balaban J connectivity index is 2.16. The van der Waals surface area contributed by atoms with Gasteiger partial charge in [0.2, 0.25) is 5.91 Å². The number of benzene rings is 2. The third-order valence-electron chi connectivity index (χ3n) is 3.10. The lowest BCUT2D eigenvalue weighted by atomic mass is 10.0. The Morgan fingerprint density at radius 3 is 2.52 bits per heavy atom. The van der Waals surface area contributed by atoms with Gasteiger partial charge in [0.25, 0.3) is 5.69 Å². The molecule has 0 aliphatic heterocycles. The van der Waals surface area contributed by atoms with Crippen molar-refractivity contribution in [2.45, 2.75) is 12.8 Å². The van der Waals surface area contributed by atoms with Crippen molar-refractivity contribution in [2.75, 3.05) is 5.32 Å². The van der Waals surface area contributed by atoms with Gasteiger partial charge in [-0.2, -0.15) is 0 Å². The first-order valence-corrected chi connectivity index (χ1v) is 6.66. The van der Waals surface area contributed by atoms with Crippen molar-refractivity contribution in [3.8, 4) is 0 Å². The van der Waals surface area contributed by atoms with Crippen molar-refractivity contribution in [3.05, 3.63) is 69.2 Å². The predicted octanol–water partition coefficient (Wildman–Crippen LogP) is 3.99. The molecule has 2 rings (SSSR count). The van der Waals surface area contributed by atoms with Crippen molar-refractivity contribution >= 4 is 28.9 Å². The van der Waals surface area contributed by atoms with E-state index in [1.54, 1.807) is 6.92 Å². The number of carbonyl (C=O) groups is 1. The lowest BCUT2D eigenvalue weighted by Gasteiger charge is -2.12. The van der Waals surface area contributed by atoms with Gasteiger partial charge in [-0.05, 0) is 24.6 Å². The SMILES string of the molecule is C[C@@H](C(=O)Nc1ccc(Cl)c([N+](=O)[O-])c1)c1ccccc1. The number of carbonyl (C=O) groups excluding carboxylic acids is 1. The number of rotatable bonds is 4. The topological polar surface area (TPSA) is 72.2 Å². The Morgan fingerprint density at radius 2 is 1.90 bits per heavy atom. The summed E-state index contributed by atoms with van der Waals surface area (Å²) >= 11 is 5.73. The molecule has 1 atom stereocenters. The molecule has 1 N–H and O–H groups in total. The molecule has 0 unspecified atom stereocenters. The van der Waals surface area contributed by atoms with E-state index in [9.17, 15) is 14.9 Å². The molecule has 0 heterocycles. The van der Waals surface area contributed by atoms with Gasteiger partial charge >= 0.3 is 0 Å². The number of hydrogen-bond donors (Lipinski definition) is 1. The van der Waals surface area contributed by atoms with Crippen molar-refractivity contribution in [3.63, 3.8) is 0 Å². The fourth-order valence-electron chi connectivity index (χ4n) is 1.87. The number of anilines is 1. The van der Waals surface area contributed by atoms with Gasteiger partial charge in [0.1, 0.15) is 5.02 Å². The average molecular weight is 305 g/mol. The third kappa shape index (κ3) is 3.58. The van der Waals surface area contributed by atoms with Gasteiger partial charge in [-0.25, -0.2) is 0 Å². The van der Waals surface area contributed by atoms with Crippen LogP contribution >= 0.6 is 11.6 Å². The number of nitrogens with zero attached hydrogens (tertiary/aromatic N) is 1. The molecule has 0 saturated carbocycles. The van der Waals surface area contributed by atoms with E-state index in [4.69, 9.17) is 11.6 Å². The van der Waals surface area contributed by atoms with E-state index < -0.39 is 4.92 Å². The zero-order chi connectivity index (χ0) is 15.4.